The van der Waals surface area contributed by atoms with Crippen LogP contribution in [0.1, 0.15) is 23.1 Å². The van der Waals surface area contributed by atoms with E-state index in [1.807, 2.05) is 6.92 Å². The lowest BCUT2D eigenvalue weighted by Gasteiger charge is -2.10. The van der Waals surface area contributed by atoms with Crippen LogP contribution in [0.25, 0.3) is 0 Å². The highest BCUT2D eigenvalue weighted by molar-refractivity contribution is 6.36. The van der Waals surface area contributed by atoms with E-state index < -0.39 is 0 Å². The van der Waals surface area contributed by atoms with Crippen LogP contribution in [-0.2, 0) is 13.2 Å². The number of carbonyl (C=O) groups is 1. The molecule has 7 heteroatoms. The van der Waals surface area contributed by atoms with Gasteiger partial charge in [0.2, 0.25) is 0 Å². The highest BCUT2D eigenvalue weighted by Crippen LogP contribution is 2.31. The molecule has 0 radical (unpaired) electrons. The predicted molar refractivity (Wildman–Crippen MR) is 71.9 cm³/mol. The number of hydrogen-bond donors (Lipinski definition) is 0. The molecule has 1 heterocycles. The first-order valence-corrected chi connectivity index (χ1v) is 6.35. The fourth-order valence-corrected chi connectivity index (χ4v) is 2.18. The lowest BCUT2D eigenvalue weighted by molar-refractivity contribution is 0.111. The molecule has 5 nitrogen and oxygen atoms in total. The molecule has 0 aliphatic carbocycles. The van der Waals surface area contributed by atoms with Gasteiger partial charge in [-0.3, -0.25) is 4.79 Å². The third kappa shape index (κ3) is 3.05. The molecule has 0 spiro atoms. The van der Waals surface area contributed by atoms with Gasteiger partial charge in [0.25, 0.3) is 0 Å². The number of benzene rings is 1. The first kappa shape index (κ1) is 13.8. The number of carbonyl (C=O) groups excluding carboxylic acids is 1. The topological polar surface area (TPSA) is 57.0 Å². The Morgan fingerprint density at radius 3 is 2.89 bits per heavy atom. The maximum Gasteiger partial charge on any atom is 0.164 e. The number of nitrogens with zero attached hydrogens (tertiary/aromatic N) is 3. The third-order valence-electron chi connectivity index (χ3n) is 2.50. The second-order valence-electron chi connectivity index (χ2n) is 3.70. The summed E-state index contributed by atoms with van der Waals surface area (Å²) in [7, 11) is 0. The zero-order valence-electron chi connectivity index (χ0n) is 10.1. The van der Waals surface area contributed by atoms with Crippen molar-refractivity contribution >= 4 is 29.5 Å². The summed E-state index contributed by atoms with van der Waals surface area (Å²) >= 11 is 11.8. The van der Waals surface area contributed by atoms with Crippen molar-refractivity contribution in [3.8, 4) is 5.75 Å². The van der Waals surface area contributed by atoms with Gasteiger partial charge < -0.3 is 4.74 Å². The summed E-state index contributed by atoms with van der Waals surface area (Å²) in [5, 5.41) is 4.70. The van der Waals surface area contributed by atoms with Gasteiger partial charge in [-0.25, -0.2) is 9.67 Å². The maximum absolute atomic E-state index is 11.0. The molecule has 0 N–H and O–H groups in total. The van der Waals surface area contributed by atoms with E-state index in [9.17, 15) is 4.79 Å². The van der Waals surface area contributed by atoms with Gasteiger partial charge in [-0.2, -0.15) is 5.10 Å². The summed E-state index contributed by atoms with van der Waals surface area (Å²) in [6.45, 7) is 2.81. The molecule has 2 aromatic rings. The van der Waals surface area contributed by atoms with Gasteiger partial charge in [0.15, 0.2) is 12.1 Å². The molecule has 0 amide bonds. The quantitative estimate of drug-likeness (QED) is 0.797. The Morgan fingerprint density at radius 2 is 2.21 bits per heavy atom. The summed E-state index contributed by atoms with van der Waals surface area (Å²) in [6.07, 6.45) is 2.10. The Labute approximate surface area is 120 Å². The van der Waals surface area contributed by atoms with E-state index in [1.165, 1.54) is 18.5 Å². The van der Waals surface area contributed by atoms with Crippen LogP contribution in [0.2, 0.25) is 10.0 Å². The normalized spacial score (nSPS) is 10.5. The zero-order chi connectivity index (χ0) is 13.8. The Hall–Kier alpha value is -1.59. The summed E-state index contributed by atoms with van der Waals surface area (Å²) in [4.78, 5) is 15.1. The second kappa shape index (κ2) is 6.04. The molecule has 0 saturated carbocycles. The smallest absolute Gasteiger partial charge is 0.164 e. The molecule has 2 rings (SSSR count). The van der Waals surface area contributed by atoms with Crippen LogP contribution in [0.5, 0.6) is 5.75 Å². The molecular formula is C12H11Cl2N3O2. The van der Waals surface area contributed by atoms with Crippen molar-refractivity contribution in [2.75, 3.05) is 0 Å². The summed E-state index contributed by atoms with van der Waals surface area (Å²) in [5.74, 6) is 0.956. The Bertz CT molecular complexity index is 599. The van der Waals surface area contributed by atoms with Crippen LogP contribution < -0.4 is 4.74 Å². The monoisotopic (exact) mass is 299 g/mol. The molecular weight excluding hydrogens is 289 g/mol. The van der Waals surface area contributed by atoms with E-state index in [2.05, 4.69) is 10.1 Å². The lowest BCUT2D eigenvalue weighted by Crippen LogP contribution is -2.08. The highest BCUT2D eigenvalue weighted by atomic mass is 35.5. The second-order valence-corrected chi connectivity index (χ2v) is 4.55. The van der Waals surface area contributed by atoms with Crippen LogP contribution >= 0.6 is 23.2 Å². The molecule has 0 saturated heterocycles. The van der Waals surface area contributed by atoms with Crippen LogP contribution in [0.15, 0.2) is 18.5 Å². The molecule has 1 aromatic carbocycles. The van der Waals surface area contributed by atoms with Gasteiger partial charge in [0.05, 0.1) is 10.6 Å². The number of rotatable bonds is 5. The Morgan fingerprint density at radius 1 is 1.42 bits per heavy atom. The van der Waals surface area contributed by atoms with Crippen molar-refractivity contribution in [1.29, 1.82) is 0 Å². The Kier molecular flexibility index (Phi) is 4.39. The van der Waals surface area contributed by atoms with Crippen LogP contribution in [0.4, 0.5) is 0 Å². The van der Waals surface area contributed by atoms with Crippen LogP contribution in [-0.4, -0.2) is 21.1 Å². The van der Waals surface area contributed by atoms with E-state index in [4.69, 9.17) is 27.9 Å². The first-order valence-electron chi connectivity index (χ1n) is 5.59. The molecule has 1 aromatic heterocycles. The van der Waals surface area contributed by atoms with Crippen molar-refractivity contribution in [3.63, 3.8) is 0 Å². The fraction of sp³-hybridized carbons (Fsp3) is 0.250. The molecule has 0 fully saturated rings. The number of hydrogen-bond acceptors (Lipinski definition) is 4. The molecule has 0 atom stereocenters. The average molecular weight is 300 g/mol. The highest BCUT2D eigenvalue weighted by Gasteiger charge is 2.12. The molecule has 0 aliphatic heterocycles. The molecule has 0 bridgehead atoms. The van der Waals surface area contributed by atoms with Gasteiger partial charge in [0.1, 0.15) is 18.7 Å². The Balaban J connectivity index is 2.22. The number of aryl methyl sites for hydroxylation is 1. The number of aromatic nitrogens is 3. The lowest BCUT2D eigenvalue weighted by atomic mass is 10.2. The number of ether oxygens (including phenoxy) is 1. The van der Waals surface area contributed by atoms with Gasteiger partial charge >= 0.3 is 0 Å². The minimum Gasteiger partial charge on any atom is -0.483 e. The molecule has 100 valence electrons. The largest absolute Gasteiger partial charge is 0.483 e. The summed E-state index contributed by atoms with van der Waals surface area (Å²) < 4.78 is 7.25. The average Bonchev–Trinajstić information content (AvgIpc) is 2.84. The first-order chi connectivity index (χ1) is 9.15. The molecule has 19 heavy (non-hydrogen) atoms. The maximum atomic E-state index is 11.0. The van der Waals surface area contributed by atoms with E-state index >= 15 is 0 Å². The SMILES string of the molecule is CCn1ncnc1COc1c(Cl)cc(Cl)cc1C=O. The van der Waals surface area contributed by atoms with E-state index in [0.29, 0.717) is 35.0 Å². The predicted octanol–water partition coefficient (Wildman–Crippen LogP) is 3.00. The van der Waals surface area contributed by atoms with E-state index in [0.717, 1.165) is 0 Å². The van der Waals surface area contributed by atoms with Crippen molar-refractivity contribution in [2.45, 2.75) is 20.1 Å². The molecule has 0 aliphatic rings. The van der Waals surface area contributed by atoms with Gasteiger partial charge in [-0.05, 0) is 19.1 Å². The van der Waals surface area contributed by atoms with Crippen molar-refractivity contribution in [1.82, 2.24) is 14.8 Å². The third-order valence-corrected chi connectivity index (χ3v) is 3.00. The summed E-state index contributed by atoms with van der Waals surface area (Å²) in [5.41, 5.74) is 0.306. The minimum absolute atomic E-state index is 0.177. The van der Waals surface area contributed by atoms with Crippen molar-refractivity contribution < 1.29 is 9.53 Å². The number of aldehydes is 1. The van der Waals surface area contributed by atoms with Crippen molar-refractivity contribution in [2.24, 2.45) is 0 Å². The van der Waals surface area contributed by atoms with E-state index in [1.54, 1.807) is 4.68 Å². The van der Waals surface area contributed by atoms with Crippen LogP contribution in [0.3, 0.4) is 0 Å². The summed E-state index contributed by atoms with van der Waals surface area (Å²) in [6, 6.07) is 3.02. The van der Waals surface area contributed by atoms with Gasteiger partial charge in [-0.15, -0.1) is 0 Å². The van der Waals surface area contributed by atoms with Gasteiger partial charge in [0, 0.05) is 11.6 Å². The number of halogens is 2. The fourth-order valence-electron chi connectivity index (χ4n) is 1.62. The van der Waals surface area contributed by atoms with Crippen LogP contribution in [0, 0.1) is 0 Å². The standard InChI is InChI=1S/C12H11Cl2N3O2/c1-2-17-11(15-7-16-17)6-19-12-8(5-18)3-9(13)4-10(12)14/h3-5,7H,2,6H2,1H3. The minimum atomic E-state index is 0.177. The van der Waals surface area contributed by atoms with Crippen molar-refractivity contribution in [3.05, 3.63) is 39.9 Å². The van der Waals surface area contributed by atoms with E-state index in [-0.39, 0.29) is 11.6 Å². The zero-order valence-corrected chi connectivity index (χ0v) is 11.6. The van der Waals surface area contributed by atoms with Gasteiger partial charge in [-0.1, -0.05) is 23.2 Å². The molecule has 0 unspecified atom stereocenters.